The molecule has 0 saturated carbocycles. The third kappa shape index (κ3) is 3.32. The van der Waals surface area contributed by atoms with Crippen molar-refractivity contribution in [1.82, 2.24) is 4.90 Å². The van der Waals surface area contributed by atoms with Crippen LogP contribution in [-0.2, 0) is 0 Å². The number of phenols is 1. The number of unbranched alkanes of at least 4 members (excludes halogenated alkanes) is 2. The molecule has 0 saturated heterocycles. The minimum atomic E-state index is -0.579. The van der Waals surface area contributed by atoms with E-state index in [1.165, 1.54) is 6.07 Å². The van der Waals surface area contributed by atoms with Gasteiger partial charge in [-0.05, 0) is 43.2 Å². The number of fused-ring (bicyclic) bond motifs is 2. The minimum absolute atomic E-state index is 0.0215. The van der Waals surface area contributed by atoms with E-state index in [2.05, 4.69) is 6.92 Å². The number of carbonyl (C=O) groups is 1. The van der Waals surface area contributed by atoms with Crippen LogP contribution in [0.25, 0.3) is 11.0 Å². The van der Waals surface area contributed by atoms with Crippen LogP contribution in [-0.4, -0.2) is 29.1 Å². The number of ether oxygens (including phenoxy) is 1. The van der Waals surface area contributed by atoms with Crippen LogP contribution in [0.2, 0.25) is 0 Å². The third-order valence-electron chi connectivity index (χ3n) is 5.48. The zero-order valence-corrected chi connectivity index (χ0v) is 17.2. The third-order valence-corrected chi connectivity index (χ3v) is 5.48. The van der Waals surface area contributed by atoms with Gasteiger partial charge in [0.2, 0.25) is 5.76 Å². The molecule has 6 heteroatoms. The van der Waals surface area contributed by atoms with Crippen LogP contribution in [0.3, 0.4) is 0 Å². The predicted molar refractivity (Wildman–Crippen MR) is 114 cm³/mol. The molecule has 156 valence electrons. The summed E-state index contributed by atoms with van der Waals surface area (Å²) in [6.45, 7) is 4.84. The van der Waals surface area contributed by atoms with Crippen LogP contribution >= 0.6 is 0 Å². The Morgan fingerprint density at radius 2 is 1.90 bits per heavy atom. The highest BCUT2D eigenvalue weighted by Gasteiger charge is 2.42. The van der Waals surface area contributed by atoms with Crippen LogP contribution in [0.15, 0.2) is 51.7 Å². The Morgan fingerprint density at radius 3 is 2.67 bits per heavy atom. The van der Waals surface area contributed by atoms with E-state index in [1.807, 2.05) is 6.92 Å². The Bertz CT molecular complexity index is 1150. The highest BCUT2D eigenvalue weighted by molar-refractivity contribution is 5.99. The maximum atomic E-state index is 13.4. The fourth-order valence-corrected chi connectivity index (χ4v) is 4.05. The quantitative estimate of drug-likeness (QED) is 0.578. The Balaban J connectivity index is 1.90. The normalized spacial score (nSPS) is 15.6. The fraction of sp³-hybridized carbons (Fsp3) is 0.333. The summed E-state index contributed by atoms with van der Waals surface area (Å²) in [4.78, 5) is 28.3. The average Bonchev–Trinajstić information content (AvgIpc) is 3.02. The van der Waals surface area contributed by atoms with Crippen molar-refractivity contribution in [3.63, 3.8) is 0 Å². The van der Waals surface area contributed by atoms with E-state index in [0.29, 0.717) is 41.0 Å². The van der Waals surface area contributed by atoms with Crippen molar-refractivity contribution in [3.05, 3.63) is 69.6 Å². The number of amides is 1. The van der Waals surface area contributed by atoms with E-state index >= 15 is 0 Å². The lowest BCUT2D eigenvalue weighted by Crippen LogP contribution is -2.30. The van der Waals surface area contributed by atoms with Crippen molar-refractivity contribution < 1.29 is 19.1 Å². The van der Waals surface area contributed by atoms with Gasteiger partial charge in [0.15, 0.2) is 16.9 Å². The van der Waals surface area contributed by atoms with E-state index in [4.69, 9.17) is 9.15 Å². The van der Waals surface area contributed by atoms with Gasteiger partial charge in [0.1, 0.15) is 5.58 Å². The molecule has 1 aromatic heterocycles. The van der Waals surface area contributed by atoms with Crippen LogP contribution < -0.4 is 10.2 Å². The highest BCUT2D eigenvalue weighted by Crippen LogP contribution is 2.40. The average molecular weight is 407 g/mol. The molecule has 3 aromatic rings. The maximum Gasteiger partial charge on any atom is 0.290 e. The van der Waals surface area contributed by atoms with Gasteiger partial charge in [-0.3, -0.25) is 9.59 Å². The van der Waals surface area contributed by atoms with Gasteiger partial charge in [-0.2, -0.15) is 0 Å². The topological polar surface area (TPSA) is 80.0 Å². The van der Waals surface area contributed by atoms with Gasteiger partial charge in [-0.15, -0.1) is 0 Å². The lowest BCUT2D eigenvalue weighted by molar-refractivity contribution is 0.0724. The van der Waals surface area contributed by atoms with Crippen LogP contribution in [0, 0.1) is 0 Å². The number of hydrogen-bond acceptors (Lipinski definition) is 5. The smallest absolute Gasteiger partial charge is 0.290 e. The van der Waals surface area contributed by atoms with Crippen molar-refractivity contribution in [3.8, 4) is 11.5 Å². The molecular formula is C24H25NO5. The first-order valence-corrected chi connectivity index (χ1v) is 10.4. The summed E-state index contributed by atoms with van der Waals surface area (Å²) in [5, 5.41) is 10.6. The van der Waals surface area contributed by atoms with Gasteiger partial charge in [0.25, 0.3) is 5.91 Å². The molecule has 0 aliphatic carbocycles. The Labute approximate surface area is 174 Å². The zero-order valence-electron chi connectivity index (χ0n) is 17.2. The number of nitrogens with zero attached hydrogens (tertiary/aromatic N) is 1. The number of phenolic OH excluding ortho intramolecular Hbond substituents is 1. The number of benzene rings is 2. The van der Waals surface area contributed by atoms with Crippen molar-refractivity contribution in [2.45, 2.75) is 39.2 Å². The molecule has 1 aliphatic rings. The van der Waals surface area contributed by atoms with Gasteiger partial charge >= 0.3 is 0 Å². The molecule has 4 rings (SSSR count). The van der Waals surface area contributed by atoms with Crippen molar-refractivity contribution >= 4 is 16.9 Å². The molecule has 30 heavy (non-hydrogen) atoms. The summed E-state index contributed by atoms with van der Waals surface area (Å²) < 4.78 is 11.4. The summed E-state index contributed by atoms with van der Waals surface area (Å²) >= 11 is 0. The highest BCUT2D eigenvalue weighted by atomic mass is 16.5. The zero-order chi connectivity index (χ0) is 21.3. The first-order chi connectivity index (χ1) is 14.6. The second kappa shape index (κ2) is 8.22. The Kier molecular flexibility index (Phi) is 5.48. The molecule has 0 fully saturated rings. The monoisotopic (exact) mass is 407 g/mol. The van der Waals surface area contributed by atoms with E-state index in [1.54, 1.807) is 41.3 Å². The summed E-state index contributed by atoms with van der Waals surface area (Å²) in [5.41, 5.74) is 1.27. The summed E-state index contributed by atoms with van der Waals surface area (Å²) in [6, 6.07) is 11.4. The molecule has 0 radical (unpaired) electrons. The maximum absolute atomic E-state index is 13.4. The second-order valence-electron chi connectivity index (χ2n) is 7.44. The Morgan fingerprint density at radius 1 is 1.10 bits per heavy atom. The first-order valence-electron chi connectivity index (χ1n) is 10.4. The molecule has 1 N–H and O–H groups in total. The lowest BCUT2D eigenvalue weighted by atomic mass is 9.98. The number of para-hydroxylation sites is 1. The summed E-state index contributed by atoms with van der Waals surface area (Å²) in [5.74, 6) is 0.175. The van der Waals surface area contributed by atoms with Crippen LogP contribution in [0.5, 0.6) is 11.5 Å². The van der Waals surface area contributed by atoms with E-state index in [0.717, 1.165) is 19.3 Å². The van der Waals surface area contributed by atoms with Crippen LogP contribution in [0.1, 0.15) is 60.8 Å². The standard InChI is InChI=1S/C24H25NO5/c1-3-5-8-13-25-21(15-11-12-17(26)19(14-15)29-4-2)20-22(27)16-9-6-7-10-18(16)30-23(20)24(25)28/h6-7,9-12,14,21,26H,3-5,8,13H2,1-2H3. The SMILES string of the molecule is CCCCCN1C(=O)c2oc3ccccc3c(=O)c2C1c1ccc(O)c(OCC)c1. The molecule has 2 heterocycles. The van der Waals surface area contributed by atoms with E-state index < -0.39 is 6.04 Å². The molecule has 1 unspecified atom stereocenters. The lowest BCUT2D eigenvalue weighted by Gasteiger charge is -2.25. The molecule has 1 amide bonds. The molecule has 2 aromatic carbocycles. The molecule has 1 aliphatic heterocycles. The van der Waals surface area contributed by atoms with Gasteiger partial charge in [-0.25, -0.2) is 0 Å². The first kappa shape index (κ1) is 20.0. The van der Waals surface area contributed by atoms with E-state index in [-0.39, 0.29) is 22.8 Å². The van der Waals surface area contributed by atoms with Crippen molar-refractivity contribution in [2.75, 3.05) is 13.2 Å². The fourth-order valence-electron chi connectivity index (χ4n) is 4.05. The van der Waals surface area contributed by atoms with Gasteiger partial charge in [0, 0.05) is 6.54 Å². The Hall–Kier alpha value is -3.28. The van der Waals surface area contributed by atoms with Crippen molar-refractivity contribution in [1.29, 1.82) is 0 Å². The summed E-state index contributed by atoms with van der Waals surface area (Å²) in [7, 11) is 0. The van der Waals surface area contributed by atoms with Crippen molar-refractivity contribution in [2.24, 2.45) is 0 Å². The largest absolute Gasteiger partial charge is 0.504 e. The van der Waals surface area contributed by atoms with Gasteiger partial charge in [-0.1, -0.05) is 38.0 Å². The van der Waals surface area contributed by atoms with Gasteiger partial charge < -0.3 is 19.2 Å². The number of aromatic hydroxyl groups is 1. The summed E-state index contributed by atoms with van der Waals surface area (Å²) in [6.07, 6.45) is 2.83. The number of rotatable bonds is 7. The van der Waals surface area contributed by atoms with Gasteiger partial charge in [0.05, 0.1) is 23.6 Å². The van der Waals surface area contributed by atoms with E-state index in [9.17, 15) is 14.7 Å². The van der Waals surface area contributed by atoms with Crippen LogP contribution in [0.4, 0.5) is 0 Å². The molecular weight excluding hydrogens is 382 g/mol. The second-order valence-corrected chi connectivity index (χ2v) is 7.44. The minimum Gasteiger partial charge on any atom is -0.504 e. The number of carbonyl (C=O) groups excluding carboxylic acids is 1. The predicted octanol–water partition coefficient (Wildman–Crippen LogP) is 4.63. The molecule has 0 bridgehead atoms. The molecule has 0 spiro atoms. The molecule has 1 atom stereocenters. The molecule has 6 nitrogen and oxygen atoms in total. The number of hydrogen-bond donors (Lipinski definition) is 1.